The first-order chi connectivity index (χ1) is 31.9. The van der Waals surface area contributed by atoms with Gasteiger partial charge >= 0.3 is 11.9 Å². The van der Waals surface area contributed by atoms with Gasteiger partial charge in [0.1, 0.15) is 36.3 Å². The molecule has 0 heterocycles. The molecule has 0 spiro atoms. The van der Waals surface area contributed by atoms with Gasteiger partial charge < -0.3 is 75.1 Å². The van der Waals surface area contributed by atoms with E-state index in [1.165, 1.54) is 0 Å². The van der Waals surface area contributed by atoms with Crippen LogP contribution in [-0.2, 0) is 64.0 Å². The Kier molecular flexibility index (Phi) is 26.1. The van der Waals surface area contributed by atoms with Crippen molar-refractivity contribution in [1.82, 2.24) is 42.5 Å². The van der Waals surface area contributed by atoms with Crippen molar-refractivity contribution in [1.29, 1.82) is 0 Å². The zero-order valence-corrected chi connectivity index (χ0v) is 38.3. The lowest BCUT2D eigenvalue weighted by Gasteiger charge is -2.27. The van der Waals surface area contributed by atoms with E-state index < -0.39 is 171 Å². The number of benzene rings is 1. The van der Waals surface area contributed by atoms with Crippen LogP contribution in [0.5, 0.6) is 0 Å². The minimum absolute atomic E-state index is 0.0318. The Hall–Kier alpha value is -7.22. The van der Waals surface area contributed by atoms with Crippen LogP contribution in [0, 0.1) is 11.8 Å². The Morgan fingerprint density at radius 2 is 1.10 bits per heavy atom. The van der Waals surface area contributed by atoms with Crippen molar-refractivity contribution in [2.75, 3.05) is 19.7 Å². The largest absolute Gasteiger partial charge is 0.481 e. The molecule has 1 aromatic carbocycles. The van der Waals surface area contributed by atoms with Crippen molar-refractivity contribution in [3.05, 3.63) is 35.9 Å². The van der Waals surface area contributed by atoms with E-state index in [1.54, 1.807) is 58.0 Å². The molecule has 0 saturated carbocycles. The van der Waals surface area contributed by atoms with Crippen molar-refractivity contribution in [2.24, 2.45) is 29.0 Å². The van der Waals surface area contributed by atoms with Gasteiger partial charge in [-0.25, -0.2) is 4.79 Å². The molecule has 17 N–H and O–H groups in total. The quantitative estimate of drug-likeness (QED) is 0.0321. The fraction of sp³-hybridized carbons (Fsp3) is 0.571. The Bertz CT molecular complexity index is 1950. The highest BCUT2D eigenvalue weighted by molar-refractivity contribution is 5.98. The van der Waals surface area contributed by atoms with Crippen molar-refractivity contribution >= 4 is 71.0 Å². The summed E-state index contributed by atoms with van der Waals surface area (Å²) in [7, 11) is 0. The molecular formula is C42H65N11O15. The highest BCUT2D eigenvalue weighted by Crippen LogP contribution is 2.11. The monoisotopic (exact) mass is 963 g/mol. The molecule has 0 bridgehead atoms. The summed E-state index contributed by atoms with van der Waals surface area (Å²) in [4.78, 5) is 151. The average Bonchev–Trinajstić information content (AvgIpc) is 3.27. The van der Waals surface area contributed by atoms with Gasteiger partial charge in [-0.3, -0.25) is 52.7 Å². The van der Waals surface area contributed by atoms with Gasteiger partial charge in [-0.15, -0.1) is 0 Å². The number of nitrogens with two attached hydrogens (primary N) is 3. The maximum Gasteiger partial charge on any atom is 0.326 e. The number of primary amides is 2. The molecule has 0 saturated heterocycles. The number of carbonyl (C=O) groups excluding carboxylic acids is 10. The number of rotatable bonds is 32. The molecule has 378 valence electrons. The number of amides is 10. The second-order valence-corrected chi connectivity index (χ2v) is 16.3. The maximum atomic E-state index is 13.5. The number of hydrogen-bond acceptors (Lipinski definition) is 14. The van der Waals surface area contributed by atoms with Crippen LogP contribution in [0.3, 0.4) is 0 Å². The van der Waals surface area contributed by atoms with Crippen molar-refractivity contribution in [3.8, 4) is 0 Å². The number of carboxylic acid groups (broad SMARTS) is 2. The number of aliphatic hydroxyl groups excluding tert-OH is 1. The van der Waals surface area contributed by atoms with Crippen LogP contribution < -0.4 is 59.7 Å². The normalized spacial score (nSPS) is 14.4. The summed E-state index contributed by atoms with van der Waals surface area (Å²) in [5.74, 6) is -13.2. The highest BCUT2D eigenvalue weighted by Gasteiger charge is 2.34. The molecule has 8 atom stereocenters. The van der Waals surface area contributed by atoms with E-state index in [4.69, 9.17) is 22.3 Å². The number of aliphatic hydroxyl groups is 1. The van der Waals surface area contributed by atoms with Crippen molar-refractivity contribution < 1.29 is 72.9 Å². The van der Waals surface area contributed by atoms with E-state index in [0.717, 1.165) is 5.56 Å². The van der Waals surface area contributed by atoms with E-state index >= 15 is 0 Å². The van der Waals surface area contributed by atoms with E-state index in [0.29, 0.717) is 6.42 Å². The second-order valence-electron chi connectivity index (χ2n) is 16.3. The van der Waals surface area contributed by atoms with E-state index in [9.17, 15) is 67.7 Å². The molecule has 0 aliphatic carbocycles. The molecule has 0 unspecified atom stereocenters. The van der Waals surface area contributed by atoms with Gasteiger partial charge in [0.05, 0.1) is 32.2 Å². The summed E-state index contributed by atoms with van der Waals surface area (Å²) in [6, 6.07) is -1.35. The van der Waals surface area contributed by atoms with Gasteiger partial charge in [0.15, 0.2) is 0 Å². The number of hydrogen-bond donors (Lipinski definition) is 14. The summed E-state index contributed by atoms with van der Waals surface area (Å²) in [6.45, 7) is 4.06. The van der Waals surface area contributed by atoms with Crippen LogP contribution in [0.15, 0.2) is 30.3 Å². The van der Waals surface area contributed by atoms with Gasteiger partial charge in [-0.05, 0) is 43.1 Å². The minimum Gasteiger partial charge on any atom is -0.481 e. The van der Waals surface area contributed by atoms with Gasteiger partial charge in [0, 0.05) is 12.8 Å². The molecule has 68 heavy (non-hydrogen) atoms. The van der Waals surface area contributed by atoms with Gasteiger partial charge in [-0.1, -0.05) is 64.4 Å². The van der Waals surface area contributed by atoms with Gasteiger partial charge in [0.2, 0.25) is 59.1 Å². The lowest BCUT2D eigenvalue weighted by Crippen LogP contribution is -2.59. The number of carboxylic acids is 2. The predicted octanol–water partition coefficient (Wildman–Crippen LogP) is -5.13. The third-order valence-corrected chi connectivity index (χ3v) is 10.1. The Morgan fingerprint density at radius 3 is 1.60 bits per heavy atom. The number of nitrogens with one attached hydrogen (secondary N) is 8. The van der Waals surface area contributed by atoms with Crippen molar-refractivity contribution in [2.45, 2.75) is 121 Å². The van der Waals surface area contributed by atoms with Gasteiger partial charge in [0.25, 0.3) is 0 Å². The summed E-state index contributed by atoms with van der Waals surface area (Å²) in [5.41, 5.74) is 17.5. The molecule has 10 amide bonds. The zero-order valence-electron chi connectivity index (χ0n) is 38.3. The lowest BCUT2D eigenvalue weighted by atomic mass is 9.96. The van der Waals surface area contributed by atoms with Gasteiger partial charge in [-0.2, -0.15) is 0 Å². The van der Waals surface area contributed by atoms with Crippen LogP contribution in [0.2, 0.25) is 0 Å². The molecule has 0 radical (unpaired) electrons. The van der Waals surface area contributed by atoms with Crippen LogP contribution in [0.4, 0.5) is 0 Å². The smallest absolute Gasteiger partial charge is 0.326 e. The predicted molar refractivity (Wildman–Crippen MR) is 238 cm³/mol. The third kappa shape index (κ3) is 22.8. The fourth-order valence-corrected chi connectivity index (χ4v) is 6.19. The highest BCUT2D eigenvalue weighted by atomic mass is 16.4. The molecule has 26 nitrogen and oxygen atoms in total. The van der Waals surface area contributed by atoms with Crippen molar-refractivity contribution in [3.63, 3.8) is 0 Å². The molecular weight excluding hydrogens is 899 g/mol. The second kappa shape index (κ2) is 30.1. The first-order valence-corrected chi connectivity index (χ1v) is 21.7. The lowest BCUT2D eigenvalue weighted by molar-refractivity contribution is -0.143. The Balaban J connectivity index is 3.04. The third-order valence-electron chi connectivity index (χ3n) is 10.1. The minimum atomic E-state index is -1.78. The Morgan fingerprint density at radius 1 is 0.588 bits per heavy atom. The van der Waals surface area contributed by atoms with Crippen LogP contribution in [0.25, 0.3) is 0 Å². The standard InChI is InChI=1S/C42H65N11O15/c1-5-22(4)35(53-36(61)24(43)16-23-9-7-6-8-10-23)41(66)52-28(17-31(45)56)38(63)47-19-33(58)49-29(20-54)40(65)50-25(11-13-30(44)55)39(64)51-27(15-21(2)3)37(62)46-18-32(57)48-26(42(67)68)12-14-34(59)60/h6-10,21-22,24-29,35,54H,5,11-20,43H2,1-4H3,(H2,44,55)(H2,45,56)(H,46,62)(H,47,63)(H,48,57)(H,49,58)(H,50,65)(H,51,64)(H,52,66)(H,53,61)(H,59,60)(H,67,68)/t22-,24-,25-,26-,27-,28-,29-,35-/m0/s1. The molecule has 0 aliphatic rings. The first-order valence-electron chi connectivity index (χ1n) is 21.7. The van der Waals surface area contributed by atoms with E-state index in [2.05, 4.69) is 42.5 Å². The van der Waals surface area contributed by atoms with Crippen LogP contribution in [-0.4, -0.2) is 148 Å². The Labute approximate surface area is 391 Å². The van der Waals surface area contributed by atoms with E-state index in [1.807, 2.05) is 0 Å². The SMILES string of the molecule is CC[C@H](C)[C@H](NC(=O)[C@@H](N)Cc1ccccc1)C(=O)N[C@@H](CC(N)=O)C(=O)NCC(=O)N[C@@H](CO)C(=O)N[C@@H](CCC(N)=O)C(=O)N[C@@H](CC(C)C)C(=O)NCC(=O)N[C@@H](CCC(=O)O)C(=O)O. The average molecular weight is 964 g/mol. The molecule has 0 fully saturated rings. The molecule has 1 aromatic rings. The molecule has 0 aromatic heterocycles. The topological polar surface area (TPSA) is 440 Å². The maximum absolute atomic E-state index is 13.5. The number of carbonyl (C=O) groups is 12. The fourth-order valence-electron chi connectivity index (χ4n) is 6.19. The summed E-state index contributed by atoms with van der Waals surface area (Å²) in [6.07, 6.45) is -2.12. The summed E-state index contributed by atoms with van der Waals surface area (Å²) >= 11 is 0. The molecule has 0 aliphatic heterocycles. The van der Waals surface area contributed by atoms with Crippen LogP contribution in [0.1, 0.15) is 78.2 Å². The summed E-state index contributed by atoms with van der Waals surface area (Å²) in [5, 5.41) is 46.4. The zero-order chi connectivity index (χ0) is 51.7. The first kappa shape index (κ1) is 58.8. The van der Waals surface area contributed by atoms with E-state index in [-0.39, 0.29) is 18.8 Å². The number of aliphatic carboxylic acids is 2. The summed E-state index contributed by atoms with van der Waals surface area (Å²) < 4.78 is 0. The molecule has 26 heteroatoms. The molecule has 1 rings (SSSR count). The van der Waals surface area contributed by atoms with Crippen LogP contribution >= 0.6 is 0 Å².